The molecule has 1 heterocycles. The van der Waals surface area contributed by atoms with E-state index in [1.54, 1.807) is 18.2 Å². The van der Waals surface area contributed by atoms with Crippen molar-refractivity contribution in [2.45, 2.75) is 26.3 Å². The number of hydrogen-bond acceptors (Lipinski definition) is 4. The number of benzene rings is 1. The fourth-order valence-electron chi connectivity index (χ4n) is 2.10. The van der Waals surface area contributed by atoms with Gasteiger partial charge in [-0.15, -0.1) is 0 Å². The first kappa shape index (κ1) is 19.7. The minimum absolute atomic E-state index is 0.0205. The van der Waals surface area contributed by atoms with Crippen LogP contribution in [-0.4, -0.2) is 24.3 Å². The maximum atomic E-state index is 11.8. The lowest BCUT2D eigenvalue weighted by molar-refractivity contribution is -0.120. The molecule has 1 aromatic heterocycles. The molecule has 0 atom stereocenters. The molecule has 138 valence electrons. The van der Waals surface area contributed by atoms with Gasteiger partial charge in [-0.2, -0.15) is 0 Å². The van der Waals surface area contributed by atoms with E-state index in [0.29, 0.717) is 17.6 Å². The van der Waals surface area contributed by atoms with Crippen molar-refractivity contribution < 1.29 is 18.8 Å². The van der Waals surface area contributed by atoms with Crippen LogP contribution in [0.25, 0.3) is 0 Å². The maximum Gasteiger partial charge on any atom is 0.287 e. The normalized spacial score (nSPS) is 10.2. The molecule has 0 saturated carbocycles. The minimum atomic E-state index is -0.460. The number of nitrogens with one attached hydrogen (secondary N) is 3. The highest BCUT2D eigenvalue weighted by atomic mass is 79.9. The van der Waals surface area contributed by atoms with E-state index < -0.39 is 5.91 Å². The Labute approximate surface area is 159 Å². The summed E-state index contributed by atoms with van der Waals surface area (Å²) < 4.78 is 5.55. The summed E-state index contributed by atoms with van der Waals surface area (Å²) in [7, 11) is 0. The van der Waals surface area contributed by atoms with Crippen molar-refractivity contribution in [3.8, 4) is 0 Å². The zero-order chi connectivity index (χ0) is 18.9. The third-order valence-corrected chi connectivity index (χ3v) is 3.84. The minimum Gasteiger partial charge on any atom is -0.444 e. The average molecular weight is 422 g/mol. The van der Waals surface area contributed by atoms with E-state index in [4.69, 9.17) is 4.42 Å². The Balaban J connectivity index is 1.73. The van der Waals surface area contributed by atoms with Crippen LogP contribution >= 0.6 is 15.9 Å². The SMILES string of the molecule is CCCC(=O)Nc1ccc(CNC(=O)CNC(=O)c2ccc(Br)o2)cc1. The molecule has 0 saturated heterocycles. The van der Waals surface area contributed by atoms with Gasteiger partial charge in [0.25, 0.3) is 5.91 Å². The van der Waals surface area contributed by atoms with Gasteiger partial charge < -0.3 is 20.4 Å². The standard InChI is InChI=1S/C18H20BrN3O4/c1-2-3-16(23)22-13-6-4-12(5-7-13)10-20-17(24)11-21-18(25)14-8-9-15(19)26-14/h4-9H,2-3,10-11H2,1H3,(H,20,24)(H,21,25)(H,22,23). The lowest BCUT2D eigenvalue weighted by Gasteiger charge is -2.08. The molecule has 3 amide bonds. The highest BCUT2D eigenvalue weighted by Gasteiger charge is 2.11. The number of rotatable bonds is 8. The molecule has 0 spiro atoms. The first-order valence-corrected chi connectivity index (χ1v) is 8.96. The molecule has 0 bridgehead atoms. The van der Waals surface area contributed by atoms with Crippen LogP contribution in [0, 0.1) is 0 Å². The fraction of sp³-hybridized carbons (Fsp3) is 0.278. The predicted molar refractivity (Wildman–Crippen MR) is 101 cm³/mol. The molecular weight excluding hydrogens is 402 g/mol. The molecule has 26 heavy (non-hydrogen) atoms. The van der Waals surface area contributed by atoms with Crippen LogP contribution < -0.4 is 16.0 Å². The molecule has 0 aliphatic rings. The number of furan rings is 1. The van der Waals surface area contributed by atoms with E-state index in [-0.39, 0.29) is 24.1 Å². The number of anilines is 1. The number of hydrogen-bond donors (Lipinski definition) is 3. The molecule has 2 aromatic rings. The molecular formula is C18H20BrN3O4. The number of carbonyl (C=O) groups is 3. The van der Waals surface area contributed by atoms with E-state index in [1.165, 1.54) is 6.07 Å². The Morgan fingerprint density at radius 1 is 1.00 bits per heavy atom. The summed E-state index contributed by atoms with van der Waals surface area (Å²) in [5.74, 6) is -0.666. The molecule has 3 N–H and O–H groups in total. The topological polar surface area (TPSA) is 100 Å². The summed E-state index contributed by atoms with van der Waals surface area (Å²) >= 11 is 3.11. The predicted octanol–water partition coefficient (Wildman–Crippen LogP) is 2.83. The molecule has 2 rings (SSSR count). The summed E-state index contributed by atoms with van der Waals surface area (Å²) in [5.41, 5.74) is 1.60. The molecule has 0 aliphatic heterocycles. The van der Waals surface area contributed by atoms with Crippen molar-refractivity contribution in [1.82, 2.24) is 10.6 Å². The second-order valence-corrected chi connectivity index (χ2v) is 6.34. The van der Waals surface area contributed by atoms with E-state index in [0.717, 1.165) is 17.7 Å². The van der Waals surface area contributed by atoms with Gasteiger partial charge in [-0.25, -0.2) is 0 Å². The second kappa shape index (κ2) is 9.76. The van der Waals surface area contributed by atoms with Crippen molar-refractivity contribution >= 4 is 39.3 Å². The molecule has 0 aliphatic carbocycles. The zero-order valence-corrected chi connectivity index (χ0v) is 15.9. The molecule has 1 aromatic carbocycles. The van der Waals surface area contributed by atoms with E-state index >= 15 is 0 Å². The largest absolute Gasteiger partial charge is 0.444 e. The number of amides is 3. The third-order valence-electron chi connectivity index (χ3n) is 3.41. The van der Waals surface area contributed by atoms with Crippen molar-refractivity contribution in [3.05, 3.63) is 52.4 Å². The van der Waals surface area contributed by atoms with Crippen LogP contribution in [0.2, 0.25) is 0 Å². The highest BCUT2D eigenvalue weighted by Crippen LogP contribution is 2.13. The van der Waals surface area contributed by atoms with Crippen LogP contribution in [0.4, 0.5) is 5.69 Å². The smallest absolute Gasteiger partial charge is 0.287 e. The molecule has 8 heteroatoms. The Kier molecular flexibility index (Phi) is 7.40. The summed E-state index contributed by atoms with van der Waals surface area (Å²) in [4.78, 5) is 35.1. The van der Waals surface area contributed by atoms with Crippen molar-refractivity contribution in [2.24, 2.45) is 0 Å². The summed E-state index contributed by atoms with van der Waals surface area (Å²) in [5, 5.41) is 7.99. The summed E-state index contributed by atoms with van der Waals surface area (Å²) in [6.07, 6.45) is 1.28. The Morgan fingerprint density at radius 3 is 2.35 bits per heavy atom. The summed E-state index contributed by atoms with van der Waals surface area (Å²) in [6.45, 7) is 2.12. The van der Waals surface area contributed by atoms with Gasteiger partial charge >= 0.3 is 0 Å². The van der Waals surface area contributed by atoms with Crippen LogP contribution in [0.3, 0.4) is 0 Å². The fourth-order valence-corrected chi connectivity index (χ4v) is 2.41. The molecule has 0 radical (unpaired) electrons. The Morgan fingerprint density at radius 2 is 1.73 bits per heavy atom. The van der Waals surface area contributed by atoms with E-state index in [9.17, 15) is 14.4 Å². The van der Waals surface area contributed by atoms with Crippen molar-refractivity contribution in [1.29, 1.82) is 0 Å². The quantitative estimate of drug-likeness (QED) is 0.609. The number of carbonyl (C=O) groups excluding carboxylic acids is 3. The van der Waals surface area contributed by atoms with Gasteiger partial charge in [0.1, 0.15) is 0 Å². The van der Waals surface area contributed by atoms with Gasteiger partial charge in [0.2, 0.25) is 11.8 Å². The second-order valence-electron chi connectivity index (χ2n) is 5.56. The van der Waals surface area contributed by atoms with Crippen molar-refractivity contribution in [2.75, 3.05) is 11.9 Å². The molecule has 7 nitrogen and oxygen atoms in total. The van der Waals surface area contributed by atoms with E-state index in [1.807, 2.05) is 19.1 Å². The zero-order valence-electron chi connectivity index (χ0n) is 14.3. The first-order chi connectivity index (χ1) is 12.5. The van der Waals surface area contributed by atoms with Crippen LogP contribution in [-0.2, 0) is 16.1 Å². The van der Waals surface area contributed by atoms with Crippen LogP contribution in [0.1, 0.15) is 35.9 Å². The Bertz CT molecular complexity index is 771. The van der Waals surface area contributed by atoms with Gasteiger partial charge in [-0.1, -0.05) is 19.1 Å². The molecule has 0 fully saturated rings. The average Bonchev–Trinajstić information content (AvgIpc) is 3.06. The van der Waals surface area contributed by atoms with Crippen LogP contribution in [0.5, 0.6) is 0 Å². The molecule has 0 unspecified atom stereocenters. The third kappa shape index (κ3) is 6.36. The van der Waals surface area contributed by atoms with Gasteiger partial charge in [-0.05, 0) is 52.2 Å². The van der Waals surface area contributed by atoms with Crippen LogP contribution in [0.15, 0.2) is 45.5 Å². The first-order valence-electron chi connectivity index (χ1n) is 8.17. The Hall–Kier alpha value is -2.61. The maximum absolute atomic E-state index is 11.8. The lowest BCUT2D eigenvalue weighted by atomic mass is 10.2. The van der Waals surface area contributed by atoms with Gasteiger partial charge in [-0.3, -0.25) is 14.4 Å². The lowest BCUT2D eigenvalue weighted by Crippen LogP contribution is -2.36. The monoisotopic (exact) mass is 421 g/mol. The number of halogens is 1. The van der Waals surface area contributed by atoms with Gasteiger partial charge in [0.15, 0.2) is 10.4 Å². The van der Waals surface area contributed by atoms with Crippen molar-refractivity contribution in [3.63, 3.8) is 0 Å². The highest BCUT2D eigenvalue weighted by molar-refractivity contribution is 9.10. The summed E-state index contributed by atoms with van der Waals surface area (Å²) in [6, 6.07) is 10.3. The van der Waals surface area contributed by atoms with E-state index in [2.05, 4.69) is 31.9 Å². The van der Waals surface area contributed by atoms with Gasteiger partial charge in [0, 0.05) is 18.7 Å². The van der Waals surface area contributed by atoms with Gasteiger partial charge in [0.05, 0.1) is 6.54 Å².